The van der Waals surface area contributed by atoms with Crippen LogP contribution in [0.15, 0.2) is 36.4 Å². The van der Waals surface area contributed by atoms with Gasteiger partial charge in [0.1, 0.15) is 5.82 Å². The number of rotatable bonds is 2. The smallest absolute Gasteiger partial charge is 0.260 e. The number of nitrogens with one attached hydrogen (secondary N) is 1. The first kappa shape index (κ1) is 16.0. The third-order valence-electron chi connectivity index (χ3n) is 4.58. The molecule has 3 rings (SSSR count). The molecule has 1 aliphatic carbocycles. The van der Waals surface area contributed by atoms with E-state index in [2.05, 4.69) is 32.2 Å². The van der Waals surface area contributed by atoms with Gasteiger partial charge in [-0.3, -0.25) is 4.79 Å². The molecule has 0 aromatic heterocycles. The van der Waals surface area contributed by atoms with Gasteiger partial charge in [0.25, 0.3) is 5.91 Å². The SMILES string of the molecule is CC1CC(C)(C)c2cccc(NC(=O)c3c(F)cccc3Cl)c21. The predicted molar refractivity (Wildman–Crippen MR) is 91.9 cm³/mol. The number of anilines is 1. The highest BCUT2D eigenvalue weighted by atomic mass is 35.5. The molecule has 0 aliphatic heterocycles. The zero-order valence-corrected chi connectivity index (χ0v) is 14.2. The molecule has 0 saturated heterocycles. The molecule has 0 fully saturated rings. The van der Waals surface area contributed by atoms with Crippen molar-refractivity contribution < 1.29 is 9.18 Å². The Morgan fingerprint density at radius 3 is 2.65 bits per heavy atom. The largest absolute Gasteiger partial charge is 0.322 e. The fourth-order valence-electron chi connectivity index (χ4n) is 3.67. The van der Waals surface area contributed by atoms with E-state index < -0.39 is 11.7 Å². The Hall–Kier alpha value is -1.87. The van der Waals surface area contributed by atoms with E-state index in [1.807, 2.05) is 12.1 Å². The molecule has 2 nitrogen and oxygen atoms in total. The highest BCUT2D eigenvalue weighted by molar-refractivity contribution is 6.34. The number of amides is 1. The Kier molecular flexibility index (Phi) is 3.93. The molecule has 4 heteroatoms. The van der Waals surface area contributed by atoms with E-state index in [0.29, 0.717) is 5.92 Å². The van der Waals surface area contributed by atoms with E-state index in [4.69, 9.17) is 11.6 Å². The van der Waals surface area contributed by atoms with Crippen LogP contribution in [-0.4, -0.2) is 5.91 Å². The van der Waals surface area contributed by atoms with Crippen molar-refractivity contribution in [3.63, 3.8) is 0 Å². The van der Waals surface area contributed by atoms with Gasteiger partial charge in [-0.05, 0) is 47.1 Å². The monoisotopic (exact) mass is 331 g/mol. The van der Waals surface area contributed by atoms with E-state index in [9.17, 15) is 9.18 Å². The van der Waals surface area contributed by atoms with Crippen molar-refractivity contribution in [2.75, 3.05) is 5.32 Å². The van der Waals surface area contributed by atoms with Crippen LogP contribution >= 0.6 is 11.6 Å². The van der Waals surface area contributed by atoms with Crippen molar-refractivity contribution in [2.45, 2.75) is 38.5 Å². The fraction of sp³-hybridized carbons (Fsp3) is 0.316. The second-order valence-corrected chi connectivity index (χ2v) is 7.21. The van der Waals surface area contributed by atoms with Crippen LogP contribution in [0.2, 0.25) is 5.02 Å². The zero-order chi connectivity index (χ0) is 16.8. The quantitative estimate of drug-likeness (QED) is 0.771. The maximum absolute atomic E-state index is 13.9. The van der Waals surface area contributed by atoms with Crippen LogP contribution in [0.1, 0.15) is 54.6 Å². The minimum atomic E-state index is -0.615. The molecule has 120 valence electrons. The van der Waals surface area contributed by atoms with E-state index in [1.54, 1.807) is 0 Å². The second kappa shape index (κ2) is 5.64. The Morgan fingerprint density at radius 1 is 1.26 bits per heavy atom. The molecule has 1 amide bonds. The number of halogens is 2. The van der Waals surface area contributed by atoms with Gasteiger partial charge in [-0.25, -0.2) is 4.39 Å². The lowest BCUT2D eigenvalue weighted by Crippen LogP contribution is -2.16. The van der Waals surface area contributed by atoms with Crippen LogP contribution in [0.5, 0.6) is 0 Å². The summed E-state index contributed by atoms with van der Waals surface area (Å²) < 4.78 is 13.9. The van der Waals surface area contributed by atoms with E-state index in [0.717, 1.165) is 17.7 Å². The highest BCUT2D eigenvalue weighted by Crippen LogP contribution is 2.48. The molecular formula is C19H19ClFNO. The molecule has 0 spiro atoms. The summed E-state index contributed by atoms with van der Waals surface area (Å²) in [6.45, 7) is 6.56. The lowest BCUT2D eigenvalue weighted by atomic mass is 9.86. The summed E-state index contributed by atoms with van der Waals surface area (Å²) in [5.41, 5.74) is 3.08. The number of hydrogen-bond donors (Lipinski definition) is 1. The molecule has 0 saturated carbocycles. The Bertz CT molecular complexity index is 765. The molecular weight excluding hydrogens is 313 g/mol. The molecule has 2 aromatic rings. The molecule has 0 heterocycles. The third-order valence-corrected chi connectivity index (χ3v) is 4.90. The van der Waals surface area contributed by atoms with Crippen LogP contribution in [-0.2, 0) is 5.41 Å². The van der Waals surface area contributed by atoms with Gasteiger partial charge in [-0.2, -0.15) is 0 Å². The van der Waals surface area contributed by atoms with Crippen molar-refractivity contribution in [1.29, 1.82) is 0 Å². The Morgan fingerprint density at radius 2 is 1.96 bits per heavy atom. The lowest BCUT2D eigenvalue weighted by Gasteiger charge is -2.19. The summed E-state index contributed by atoms with van der Waals surface area (Å²) in [6, 6.07) is 10.1. The van der Waals surface area contributed by atoms with Gasteiger partial charge in [0.2, 0.25) is 0 Å². The Balaban J connectivity index is 2.00. The summed E-state index contributed by atoms with van der Waals surface area (Å²) in [5.74, 6) is -0.790. The molecule has 2 aromatic carbocycles. The maximum atomic E-state index is 13.9. The van der Waals surface area contributed by atoms with Gasteiger partial charge in [0.15, 0.2) is 0 Å². The van der Waals surface area contributed by atoms with Crippen LogP contribution in [0.4, 0.5) is 10.1 Å². The van der Waals surface area contributed by atoms with Crippen molar-refractivity contribution in [1.82, 2.24) is 0 Å². The summed E-state index contributed by atoms with van der Waals surface area (Å²) in [4.78, 5) is 12.5. The topological polar surface area (TPSA) is 29.1 Å². The second-order valence-electron chi connectivity index (χ2n) is 6.81. The van der Waals surface area contributed by atoms with Gasteiger partial charge < -0.3 is 5.32 Å². The fourth-order valence-corrected chi connectivity index (χ4v) is 3.92. The maximum Gasteiger partial charge on any atom is 0.260 e. The molecule has 23 heavy (non-hydrogen) atoms. The summed E-state index contributed by atoms with van der Waals surface area (Å²) in [6.07, 6.45) is 1.02. The first-order chi connectivity index (χ1) is 10.8. The standard InChI is InChI=1S/C19H19ClFNO/c1-11-10-19(2,3)12-6-4-9-15(16(11)12)22-18(23)17-13(20)7-5-8-14(17)21/h4-9,11H,10H2,1-3H3,(H,22,23). The first-order valence-corrected chi connectivity index (χ1v) is 8.08. The van der Waals surface area contributed by atoms with Crippen molar-refractivity contribution in [3.8, 4) is 0 Å². The molecule has 0 bridgehead atoms. The van der Waals surface area contributed by atoms with E-state index in [-0.39, 0.29) is 16.0 Å². The van der Waals surface area contributed by atoms with Crippen LogP contribution in [0, 0.1) is 5.82 Å². The predicted octanol–water partition coefficient (Wildman–Crippen LogP) is 5.52. The van der Waals surface area contributed by atoms with Gasteiger partial charge in [-0.1, -0.05) is 50.6 Å². The van der Waals surface area contributed by atoms with Crippen LogP contribution in [0.3, 0.4) is 0 Å². The van der Waals surface area contributed by atoms with Crippen LogP contribution < -0.4 is 5.32 Å². The van der Waals surface area contributed by atoms with Gasteiger partial charge in [0.05, 0.1) is 10.6 Å². The van der Waals surface area contributed by atoms with Gasteiger partial charge in [-0.15, -0.1) is 0 Å². The lowest BCUT2D eigenvalue weighted by molar-refractivity contribution is 0.102. The number of fused-ring (bicyclic) bond motifs is 1. The van der Waals surface area contributed by atoms with E-state index in [1.165, 1.54) is 23.8 Å². The minimum absolute atomic E-state index is 0.0745. The highest BCUT2D eigenvalue weighted by Gasteiger charge is 2.36. The molecule has 1 atom stereocenters. The number of benzene rings is 2. The summed E-state index contributed by atoms with van der Waals surface area (Å²) in [5, 5.41) is 2.96. The molecule has 1 unspecified atom stereocenters. The van der Waals surface area contributed by atoms with Crippen molar-refractivity contribution in [3.05, 3.63) is 63.9 Å². The average Bonchev–Trinajstić information content (AvgIpc) is 2.69. The molecule has 1 aliphatic rings. The Labute approximate surface area is 140 Å². The number of carbonyl (C=O) groups is 1. The summed E-state index contributed by atoms with van der Waals surface area (Å²) >= 11 is 5.98. The third kappa shape index (κ3) is 2.74. The molecule has 0 radical (unpaired) electrons. The normalized spacial score (nSPS) is 18.6. The number of carbonyl (C=O) groups excluding carboxylic acids is 1. The van der Waals surface area contributed by atoms with Gasteiger partial charge >= 0.3 is 0 Å². The number of hydrogen-bond acceptors (Lipinski definition) is 1. The van der Waals surface area contributed by atoms with Crippen molar-refractivity contribution >= 4 is 23.2 Å². The van der Waals surface area contributed by atoms with Crippen molar-refractivity contribution in [2.24, 2.45) is 0 Å². The average molecular weight is 332 g/mol. The van der Waals surface area contributed by atoms with E-state index >= 15 is 0 Å². The minimum Gasteiger partial charge on any atom is -0.322 e. The summed E-state index contributed by atoms with van der Waals surface area (Å²) in [7, 11) is 0. The van der Waals surface area contributed by atoms with Gasteiger partial charge in [0, 0.05) is 5.69 Å². The zero-order valence-electron chi connectivity index (χ0n) is 13.4. The molecule has 1 N–H and O–H groups in total. The first-order valence-electron chi connectivity index (χ1n) is 7.70. The van der Waals surface area contributed by atoms with Crippen LogP contribution in [0.25, 0.3) is 0 Å².